The average molecular weight is 330 g/mol. The maximum absolute atomic E-state index is 12.9. The Morgan fingerprint density at radius 3 is 2.62 bits per heavy atom. The molecule has 4 aliphatic rings. The third kappa shape index (κ3) is 1.72. The standard InChI is InChI=1S/C20H26O4/c1-10(2)11-8-12(21)16-15(17(11)22)13-9-14-19(3,4)6-5-7-20(14,16)18(23)24-13/h8,10,13-14,21-22H,5-7,9H2,1-4H3/t13-,14+,20+/m1/s1. The summed E-state index contributed by atoms with van der Waals surface area (Å²) >= 11 is 0. The van der Waals surface area contributed by atoms with E-state index < -0.39 is 11.5 Å². The van der Waals surface area contributed by atoms with Crippen LogP contribution in [0.3, 0.4) is 0 Å². The van der Waals surface area contributed by atoms with Crippen LogP contribution in [0.25, 0.3) is 0 Å². The van der Waals surface area contributed by atoms with Gasteiger partial charge in [0.05, 0.1) is 0 Å². The van der Waals surface area contributed by atoms with Crippen molar-refractivity contribution in [1.29, 1.82) is 0 Å². The molecule has 2 aliphatic carbocycles. The number of fused-ring (bicyclic) bond motifs is 1. The van der Waals surface area contributed by atoms with Gasteiger partial charge in [0.1, 0.15) is 23.0 Å². The minimum absolute atomic E-state index is 0.0202. The van der Waals surface area contributed by atoms with Gasteiger partial charge in [-0.1, -0.05) is 34.1 Å². The summed E-state index contributed by atoms with van der Waals surface area (Å²) in [5.41, 5.74) is 1.25. The summed E-state index contributed by atoms with van der Waals surface area (Å²) in [7, 11) is 0. The van der Waals surface area contributed by atoms with Crippen molar-refractivity contribution in [2.45, 2.75) is 70.8 Å². The van der Waals surface area contributed by atoms with E-state index in [0.717, 1.165) is 24.8 Å². The van der Waals surface area contributed by atoms with Crippen molar-refractivity contribution in [3.63, 3.8) is 0 Å². The summed E-state index contributed by atoms with van der Waals surface area (Å²) in [6.45, 7) is 8.40. The minimum atomic E-state index is -0.803. The molecule has 0 unspecified atom stereocenters. The molecule has 1 saturated heterocycles. The van der Waals surface area contributed by atoms with Gasteiger partial charge in [0.2, 0.25) is 0 Å². The summed E-state index contributed by atoms with van der Waals surface area (Å²) in [5, 5.41) is 21.7. The Hall–Kier alpha value is -1.71. The zero-order valence-corrected chi connectivity index (χ0v) is 14.8. The first kappa shape index (κ1) is 15.8. The summed E-state index contributed by atoms with van der Waals surface area (Å²) in [5.74, 6) is 0.379. The SMILES string of the molecule is CC(C)c1cc(O)c2c(c1O)[C@H]1C[C@H]3C(C)(C)CCC[C@@]23C(=O)O1. The first-order chi connectivity index (χ1) is 11.2. The van der Waals surface area contributed by atoms with Crippen LogP contribution in [0.2, 0.25) is 0 Å². The van der Waals surface area contributed by atoms with Crippen LogP contribution in [0.1, 0.15) is 82.1 Å². The minimum Gasteiger partial charge on any atom is -0.508 e. The number of esters is 1. The fraction of sp³-hybridized carbons (Fsp3) is 0.650. The van der Waals surface area contributed by atoms with Crippen LogP contribution in [-0.4, -0.2) is 16.2 Å². The summed E-state index contributed by atoms with van der Waals surface area (Å²) in [4.78, 5) is 12.9. The van der Waals surface area contributed by atoms with E-state index in [9.17, 15) is 15.0 Å². The molecular weight excluding hydrogens is 304 g/mol. The molecule has 2 bridgehead atoms. The molecule has 3 atom stereocenters. The Morgan fingerprint density at radius 2 is 1.96 bits per heavy atom. The van der Waals surface area contributed by atoms with Crippen molar-refractivity contribution in [1.82, 2.24) is 0 Å². The van der Waals surface area contributed by atoms with E-state index in [-0.39, 0.29) is 34.7 Å². The van der Waals surface area contributed by atoms with Crippen LogP contribution in [0, 0.1) is 11.3 Å². The van der Waals surface area contributed by atoms with Gasteiger partial charge in [0.15, 0.2) is 0 Å². The number of phenolic OH excluding ortho intramolecular Hbond substituents is 2. The number of rotatable bonds is 1. The van der Waals surface area contributed by atoms with Crippen LogP contribution in [-0.2, 0) is 14.9 Å². The zero-order valence-electron chi connectivity index (χ0n) is 14.8. The van der Waals surface area contributed by atoms with Gasteiger partial charge >= 0.3 is 5.97 Å². The largest absolute Gasteiger partial charge is 0.508 e. The molecule has 2 N–H and O–H groups in total. The average Bonchev–Trinajstić information content (AvgIpc) is 2.49. The summed E-state index contributed by atoms with van der Waals surface area (Å²) in [6.07, 6.45) is 2.98. The number of benzene rings is 1. The van der Waals surface area contributed by atoms with E-state index in [1.54, 1.807) is 6.07 Å². The molecular formula is C20H26O4. The number of ether oxygens (including phenoxy) is 1. The molecule has 1 aromatic rings. The molecule has 24 heavy (non-hydrogen) atoms. The van der Waals surface area contributed by atoms with Crippen molar-refractivity contribution in [2.75, 3.05) is 0 Å². The number of carbonyl (C=O) groups is 1. The molecule has 1 aromatic carbocycles. The Labute approximate surface area is 142 Å². The second-order valence-electron chi connectivity index (χ2n) is 8.77. The third-order valence-electron chi connectivity index (χ3n) is 6.73. The molecule has 1 saturated carbocycles. The second kappa shape index (κ2) is 4.68. The van der Waals surface area contributed by atoms with Crippen LogP contribution in [0.15, 0.2) is 6.07 Å². The van der Waals surface area contributed by atoms with E-state index in [4.69, 9.17) is 4.74 Å². The smallest absolute Gasteiger partial charge is 0.317 e. The Morgan fingerprint density at radius 1 is 1.25 bits per heavy atom. The highest BCUT2D eigenvalue weighted by Crippen LogP contribution is 2.66. The fourth-order valence-electron chi connectivity index (χ4n) is 5.60. The molecule has 0 amide bonds. The Kier molecular flexibility index (Phi) is 3.08. The number of aromatic hydroxyl groups is 2. The Balaban J connectivity index is 2.03. The van der Waals surface area contributed by atoms with Gasteiger partial charge in [-0.25, -0.2) is 0 Å². The topological polar surface area (TPSA) is 66.8 Å². The van der Waals surface area contributed by atoms with E-state index in [1.165, 1.54) is 0 Å². The maximum atomic E-state index is 12.9. The number of hydrogen-bond acceptors (Lipinski definition) is 4. The van der Waals surface area contributed by atoms with Crippen molar-refractivity contribution >= 4 is 5.97 Å². The van der Waals surface area contributed by atoms with E-state index in [2.05, 4.69) is 13.8 Å². The zero-order chi connectivity index (χ0) is 17.4. The summed E-state index contributed by atoms with van der Waals surface area (Å²) in [6, 6.07) is 1.65. The number of hydrogen-bond donors (Lipinski definition) is 2. The molecule has 1 spiro atoms. The molecule has 5 rings (SSSR count). The van der Waals surface area contributed by atoms with Crippen molar-refractivity contribution < 1.29 is 19.7 Å². The normalized spacial score (nSPS) is 33.1. The Bertz CT molecular complexity index is 734. The lowest BCUT2D eigenvalue weighted by Gasteiger charge is -2.58. The van der Waals surface area contributed by atoms with Gasteiger partial charge < -0.3 is 14.9 Å². The van der Waals surface area contributed by atoms with E-state index in [1.807, 2.05) is 13.8 Å². The van der Waals surface area contributed by atoms with Crippen molar-refractivity contribution in [3.8, 4) is 11.5 Å². The molecule has 2 heterocycles. The molecule has 130 valence electrons. The lowest BCUT2D eigenvalue weighted by Crippen LogP contribution is -2.59. The highest BCUT2D eigenvalue weighted by molar-refractivity contribution is 5.90. The maximum Gasteiger partial charge on any atom is 0.317 e. The van der Waals surface area contributed by atoms with Gasteiger partial charge in [0.25, 0.3) is 0 Å². The van der Waals surface area contributed by atoms with Crippen LogP contribution in [0.5, 0.6) is 11.5 Å². The van der Waals surface area contributed by atoms with Crippen molar-refractivity contribution in [2.24, 2.45) is 11.3 Å². The van der Waals surface area contributed by atoms with Crippen molar-refractivity contribution in [3.05, 3.63) is 22.8 Å². The van der Waals surface area contributed by atoms with Crippen LogP contribution < -0.4 is 0 Å². The lowest BCUT2D eigenvalue weighted by atomic mass is 9.47. The number of phenols is 2. The monoisotopic (exact) mass is 330 g/mol. The number of carbonyl (C=O) groups excluding carboxylic acids is 1. The fourth-order valence-corrected chi connectivity index (χ4v) is 5.60. The highest BCUT2D eigenvalue weighted by Gasteiger charge is 2.65. The summed E-state index contributed by atoms with van der Waals surface area (Å²) < 4.78 is 5.73. The van der Waals surface area contributed by atoms with Crippen LogP contribution in [0.4, 0.5) is 0 Å². The van der Waals surface area contributed by atoms with Crippen LogP contribution >= 0.6 is 0 Å². The molecule has 4 heteroatoms. The molecule has 2 aliphatic heterocycles. The predicted molar refractivity (Wildman–Crippen MR) is 90.1 cm³/mol. The van der Waals surface area contributed by atoms with Gasteiger partial charge in [0, 0.05) is 16.7 Å². The second-order valence-corrected chi connectivity index (χ2v) is 8.77. The van der Waals surface area contributed by atoms with Gasteiger partial charge in [-0.15, -0.1) is 0 Å². The molecule has 0 radical (unpaired) electrons. The highest BCUT2D eigenvalue weighted by atomic mass is 16.5. The lowest BCUT2D eigenvalue weighted by molar-refractivity contribution is -0.185. The van der Waals surface area contributed by atoms with E-state index >= 15 is 0 Å². The molecule has 0 aromatic heterocycles. The first-order valence-electron chi connectivity index (χ1n) is 9.00. The molecule has 2 fully saturated rings. The molecule has 4 nitrogen and oxygen atoms in total. The predicted octanol–water partition coefficient (Wildman–Crippen LogP) is 4.29. The van der Waals surface area contributed by atoms with Gasteiger partial charge in [-0.3, -0.25) is 4.79 Å². The van der Waals surface area contributed by atoms with Gasteiger partial charge in [-0.2, -0.15) is 0 Å². The van der Waals surface area contributed by atoms with Gasteiger partial charge in [-0.05, 0) is 42.6 Å². The van der Waals surface area contributed by atoms with E-state index in [0.29, 0.717) is 17.5 Å². The third-order valence-corrected chi connectivity index (χ3v) is 6.73. The first-order valence-corrected chi connectivity index (χ1v) is 9.00. The quantitative estimate of drug-likeness (QED) is 0.595.